The summed E-state index contributed by atoms with van der Waals surface area (Å²) >= 11 is 0. The van der Waals surface area contributed by atoms with Gasteiger partial charge in [0.1, 0.15) is 5.69 Å². The second-order valence-electron chi connectivity index (χ2n) is 10.2. The molecule has 6 heteroatoms. The van der Waals surface area contributed by atoms with Crippen LogP contribution in [0.2, 0.25) is 0 Å². The maximum absolute atomic E-state index is 13.0. The lowest BCUT2D eigenvalue weighted by Crippen LogP contribution is -2.29. The first-order valence-corrected chi connectivity index (χ1v) is 11.9. The molecule has 0 atom stereocenters. The Morgan fingerprint density at radius 2 is 1.74 bits per heavy atom. The third-order valence-electron chi connectivity index (χ3n) is 5.76. The number of ether oxygens (including phenoxy) is 1. The number of rotatable bonds is 9. The average molecular weight is 464 g/mol. The largest absolute Gasteiger partial charge is 0.383 e. The van der Waals surface area contributed by atoms with Crippen LogP contribution in [0.25, 0.3) is 10.9 Å². The van der Waals surface area contributed by atoms with Gasteiger partial charge in [0, 0.05) is 43.2 Å². The quantitative estimate of drug-likeness (QED) is 0.420. The molecule has 2 amide bonds. The third kappa shape index (κ3) is 6.48. The SMILES string of the molecule is COCCNC(=O)c1cc2cc(NC(=O)CC(C)C)ccc2n1Cc1ccc(C(C)(C)C)cc1. The second-order valence-corrected chi connectivity index (χ2v) is 10.2. The van der Waals surface area contributed by atoms with Crippen molar-refractivity contribution in [2.45, 2.75) is 53.0 Å². The molecule has 0 aliphatic carbocycles. The maximum atomic E-state index is 13.0. The highest BCUT2D eigenvalue weighted by Gasteiger charge is 2.18. The van der Waals surface area contributed by atoms with E-state index in [2.05, 4.69) is 55.7 Å². The highest BCUT2D eigenvalue weighted by Crippen LogP contribution is 2.27. The molecule has 2 N–H and O–H groups in total. The van der Waals surface area contributed by atoms with Crippen LogP contribution >= 0.6 is 0 Å². The van der Waals surface area contributed by atoms with Gasteiger partial charge in [-0.25, -0.2) is 0 Å². The molecule has 6 nitrogen and oxygen atoms in total. The van der Waals surface area contributed by atoms with E-state index in [1.807, 2.05) is 42.7 Å². The van der Waals surface area contributed by atoms with Crippen molar-refractivity contribution in [3.8, 4) is 0 Å². The summed E-state index contributed by atoms with van der Waals surface area (Å²) in [6.07, 6.45) is 0.469. The Hall–Kier alpha value is -3.12. The molecule has 1 heterocycles. The van der Waals surface area contributed by atoms with Crippen molar-refractivity contribution < 1.29 is 14.3 Å². The number of carbonyl (C=O) groups is 2. The summed E-state index contributed by atoms with van der Waals surface area (Å²) in [6, 6.07) is 16.2. The molecule has 0 unspecified atom stereocenters. The molecule has 2 aromatic carbocycles. The number of nitrogens with zero attached hydrogens (tertiary/aromatic N) is 1. The molecule has 3 rings (SSSR count). The summed E-state index contributed by atoms with van der Waals surface area (Å²) in [7, 11) is 1.61. The fraction of sp³-hybridized carbons (Fsp3) is 0.429. The van der Waals surface area contributed by atoms with Gasteiger partial charge in [-0.2, -0.15) is 0 Å². The number of hydrogen-bond donors (Lipinski definition) is 2. The summed E-state index contributed by atoms with van der Waals surface area (Å²) in [5.41, 5.74) is 4.73. The van der Waals surface area contributed by atoms with E-state index < -0.39 is 0 Å². The lowest BCUT2D eigenvalue weighted by molar-refractivity contribution is -0.116. The Bertz CT molecular complexity index is 1140. The zero-order chi connectivity index (χ0) is 24.9. The predicted molar refractivity (Wildman–Crippen MR) is 138 cm³/mol. The molecule has 34 heavy (non-hydrogen) atoms. The molecule has 0 aliphatic heterocycles. The molecule has 0 saturated heterocycles. The number of carbonyl (C=O) groups excluding carboxylic acids is 2. The van der Waals surface area contributed by atoms with Gasteiger partial charge in [0.25, 0.3) is 5.91 Å². The van der Waals surface area contributed by atoms with Crippen LogP contribution in [-0.2, 0) is 21.5 Å². The molecule has 0 aliphatic rings. The first-order chi connectivity index (χ1) is 16.1. The summed E-state index contributed by atoms with van der Waals surface area (Å²) < 4.78 is 7.10. The summed E-state index contributed by atoms with van der Waals surface area (Å²) in [4.78, 5) is 25.2. The molecule has 0 fully saturated rings. The standard InChI is InChI=1S/C28H37N3O3/c1-19(2)15-26(32)30-23-11-12-24-21(16-23)17-25(27(33)29-13-14-34-6)31(24)18-20-7-9-22(10-8-20)28(3,4)5/h7-12,16-17,19H,13-15,18H2,1-6H3,(H,29,33)(H,30,32). The van der Waals surface area contributed by atoms with Crippen molar-refractivity contribution >= 4 is 28.4 Å². The van der Waals surface area contributed by atoms with Gasteiger partial charge in [-0.1, -0.05) is 58.9 Å². The number of amides is 2. The van der Waals surface area contributed by atoms with Crippen LogP contribution in [0.15, 0.2) is 48.5 Å². The topological polar surface area (TPSA) is 72.4 Å². The van der Waals surface area contributed by atoms with E-state index in [0.29, 0.717) is 31.8 Å². The van der Waals surface area contributed by atoms with Crippen molar-refractivity contribution in [2.24, 2.45) is 5.92 Å². The molecular weight excluding hydrogens is 426 g/mol. The van der Waals surface area contributed by atoms with E-state index in [4.69, 9.17) is 4.74 Å². The molecule has 3 aromatic rings. The minimum atomic E-state index is -0.148. The van der Waals surface area contributed by atoms with Crippen LogP contribution in [0.4, 0.5) is 5.69 Å². The molecule has 1 aromatic heterocycles. The predicted octanol–water partition coefficient (Wildman–Crippen LogP) is 5.35. The van der Waals surface area contributed by atoms with Crippen molar-refractivity contribution in [2.75, 3.05) is 25.6 Å². The Morgan fingerprint density at radius 1 is 1.03 bits per heavy atom. The van der Waals surface area contributed by atoms with E-state index in [-0.39, 0.29) is 23.1 Å². The van der Waals surface area contributed by atoms with Crippen LogP contribution in [0.1, 0.15) is 62.7 Å². The second kappa shape index (κ2) is 10.9. The normalized spacial score (nSPS) is 11.7. The Morgan fingerprint density at radius 3 is 2.35 bits per heavy atom. The van der Waals surface area contributed by atoms with Crippen LogP contribution in [0.3, 0.4) is 0 Å². The van der Waals surface area contributed by atoms with E-state index in [9.17, 15) is 9.59 Å². The highest BCUT2D eigenvalue weighted by molar-refractivity contribution is 6.00. The summed E-state index contributed by atoms with van der Waals surface area (Å²) in [5, 5.41) is 6.81. The van der Waals surface area contributed by atoms with Gasteiger partial charge in [0.15, 0.2) is 0 Å². The molecule has 0 spiro atoms. The number of methoxy groups -OCH3 is 1. The van der Waals surface area contributed by atoms with Gasteiger partial charge in [0.05, 0.1) is 6.61 Å². The molecule has 0 radical (unpaired) electrons. The minimum Gasteiger partial charge on any atom is -0.383 e. The highest BCUT2D eigenvalue weighted by atomic mass is 16.5. The molecular formula is C28H37N3O3. The Labute approximate surface area is 202 Å². The van der Waals surface area contributed by atoms with Gasteiger partial charge in [-0.05, 0) is 46.7 Å². The molecule has 0 bridgehead atoms. The van der Waals surface area contributed by atoms with E-state index in [1.165, 1.54) is 5.56 Å². The van der Waals surface area contributed by atoms with Crippen molar-refractivity contribution in [1.29, 1.82) is 0 Å². The maximum Gasteiger partial charge on any atom is 0.268 e. The zero-order valence-electron chi connectivity index (χ0n) is 21.2. The number of hydrogen-bond acceptors (Lipinski definition) is 3. The van der Waals surface area contributed by atoms with Crippen LogP contribution in [-0.4, -0.2) is 36.6 Å². The van der Waals surface area contributed by atoms with E-state index in [0.717, 1.165) is 22.2 Å². The smallest absolute Gasteiger partial charge is 0.268 e. The third-order valence-corrected chi connectivity index (χ3v) is 5.76. The fourth-order valence-corrected chi connectivity index (χ4v) is 3.94. The minimum absolute atomic E-state index is 0.00903. The Balaban J connectivity index is 1.95. The van der Waals surface area contributed by atoms with Gasteiger partial charge in [-0.15, -0.1) is 0 Å². The molecule has 0 saturated carbocycles. The zero-order valence-corrected chi connectivity index (χ0v) is 21.2. The van der Waals surface area contributed by atoms with Gasteiger partial charge in [-0.3, -0.25) is 9.59 Å². The number of nitrogens with one attached hydrogen (secondary N) is 2. The van der Waals surface area contributed by atoms with Crippen molar-refractivity contribution in [3.63, 3.8) is 0 Å². The van der Waals surface area contributed by atoms with E-state index in [1.54, 1.807) is 7.11 Å². The average Bonchev–Trinajstić information content (AvgIpc) is 3.10. The lowest BCUT2D eigenvalue weighted by atomic mass is 9.87. The van der Waals surface area contributed by atoms with Crippen LogP contribution < -0.4 is 10.6 Å². The van der Waals surface area contributed by atoms with Crippen molar-refractivity contribution in [1.82, 2.24) is 9.88 Å². The summed E-state index contributed by atoms with van der Waals surface area (Å²) in [6.45, 7) is 12.1. The van der Waals surface area contributed by atoms with Crippen LogP contribution in [0.5, 0.6) is 0 Å². The number of fused-ring (bicyclic) bond motifs is 1. The van der Waals surface area contributed by atoms with Crippen molar-refractivity contribution in [3.05, 3.63) is 65.4 Å². The first-order valence-electron chi connectivity index (χ1n) is 11.9. The van der Waals surface area contributed by atoms with E-state index >= 15 is 0 Å². The van der Waals surface area contributed by atoms with Crippen LogP contribution in [0, 0.1) is 5.92 Å². The summed E-state index contributed by atoms with van der Waals surface area (Å²) in [5.74, 6) is 0.132. The van der Waals surface area contributed by atoms with Gasteiger partial charge < -0.3 is 19.9 Å². The Kier molecular flexibility index (Phi) is 8.15. The molecule has 182 valence electrons. The number of anilines is 1. The van der Waals surface area contributed by atoms with Gasteiger partial charge in [0.2, 0.25) is 5.91 Å². The number of benzene rings is 2. The monoisotopic (exact) mass is 463 g/mol. The number of aromatic nitrogens is 1. The lowest BCUT2D eigenvalue weighted by Gasteiger charge is -2.19. The fourth-order valence-electron chi connectivity index (χ4n) is 3.94. The first kappa shape index (κ1) is 25.5. The van der Waals surface area contributed by atoms with Gasteiger partial charge >= 0.3 is 0 Å².